The topological polar surface area (TPSA) is 74.3 Å². The van der Waals surface area contributed by atoms with E-state index >= 15 is 0 Å². The Balaban J connectivity index is 2.05. The number of nitrogens with one attached hydrogen (secondary N) is 2. The molecule has 0 bridgehead atoms. The number of hydrogen-bond acceptors (Lipinski definition) is 5. The molecule has 2 N–H and O–H groups in total. The van der Waals surface area contributed by atoms with E-state index in [1.165, 1.54) is 11.3 Å². The summed E-state index contributed by atoms with van der Waals surface area (Å²) in [5.74, 6) is -2.34. The number of aryl methyl sites for hydroxylation is 1. The Bertz CT molecular complexity index is 881. The normalized spacial score (nSPS) is 13.2. The first-order valence-corrected chi connectivity index (χ1v) is 10.6. The lowest BCUT2D eigenvalue weighted by molar-refractivity contribution is -0.126. The molecule has 0 radical (unpaired) electrons. The molecule has 1 unspecified atom stereocenters. The van der Waals surface area contributed by atoms with Gasteiger partial charge in [0.15, 0.2) is 5.13 Å². The van der Waals surface area contributed by atoms with Gasteiger partial charge < -0.3 is 15.5 Å². The SMILES string of the molecule is CCC[C@H](NC(=O)Cc1cc(F)cc(F)c1)C(=O)Nc1nc(C)c(C(C)N(C)C)s1. The molecule has 2 rings (SSSR count). The number of anilines is 1. The third kappa shape index (κ3) is 6.56. The number of benzene rings is 1. The van der Waals surface area contributed by atoms with Crippen molar-refractivity contribution in [3.05, 3.63) is 46.0 Å². The van der Waals surface area contributed by atoms with Crippen molar-refractivity contribution >= 4 is 28.3 Å². The van der Waals surface area contributed by atoms with Crippen molar-refractivity contribution in [2.45, 2.75) is 52.1 Å². The fourth-order valence-electron chi connectivity index (χ4n) is 2.98. The third-order valence-corrected chi connectivity index (χ3v) is 5.98. The van der Waals surface area contributed by atoms with Crippen molar-refractivity contribution in [2.75, 3.05) is 19.4 Å². The van der Waals surface area contributed by atoms with Crippen LogP contribution in [0.2, 0.25) is 0 Å². The molecule has 2 atom stereocenters. The van der Waals surface area contributed by atoms with Crippen LogP contribution in [-0.4, -0.2) is 41.8 Å². The van der Waals surface area contributed by atoms with Gasteiger partial charge in [-0.2, -0.15) is 0 Å². The first-order chi connectivity index (χ1) is 14.1. The standard InChI is InChI=1S/C21H28F2N4O2S/c1-6-7-17(25-18(28)10-14-8-15(22)11-16(23)9-14)20(29)26-21-24-12(2)19(30-21)13(3)27(4)5/h8-9,11,13,17H,6-7,10H2,1-5H3,(H,25,28)(H,24,26,29)/t13?,17-/m0/s1. The molecule has 9 heteroatoms. The minimum absolute atomic E-state index is 0.158. The van der Waals surface area contributed by atoms with Gasteiger partial charge in [0.25, 0.3) is 0 Å². The van der Waals surface area contributed by atoms with Crippen LogP contribution in [0.3, 0.4) is 0 Å². The van der Waals surface area contributed by atoms with E-state index in [-0.39, 0.29) is 23.9 Å². The second-order valence-electron chi connectivity index (χ2n) is 7.46. The minimum atomic E-state index is -0.764. The van der Waals surface area contributed by atoms with Crippen LogP contribution in [0.25, 0.3) is 0 Å². The lowest BCUT2D eigenvalue weighted by atomic mass is 10.1. The van der Waals surface area contributed by atoms with Crippen LogP contribution >= 0.6 is 11.3 Å². The molecule has 6 nitrogen and oxygen atoms in total. The zero-order valence-electron chi connectivity index (χ0n) is 17.9. The second kappa shape index (κ2) is 10.6. The summed E-state index contributed by atoms with van der Waals surface area (Å²) in [5, 5.41) is 5.92. The Morgan fingerprint density at radius 1 is 1.20 bits per heavy atom. The zero-order chi connectivity index (χ0) is 22.4. The van der Waals surface area contributed by atoms with Gasteiger partial charge in [-0.15, -0.1) is 0 Å². The van der Waals surface area contributed by atoms with Gasteiger partial charge >= 0.3 is 0 Å². The molecule has 2 aromatic rings. The Morgan fingerprint density at radius 3 is 2.40 bits per heavy atom. The molecule has 0 aliphatic rings. The molecule has 0 spiro atoms. The minimum Gasteiger partial charge on any atom is -0.344 e. The molecule has 1 aromatic carbocycles. The Labute approximate surface area is 179 Å². The fraction of sp³-hybridized carbons (Fsp3) is 0.476. The molecule has 2 amide bonds. The van der Waals surface area contributed by atoms with Crippen LogP contribution in [0.1, 0.15) is 48.9 Å². The third-order valence-electron chi connectivity index (χ3n) is 4.73. The summed E-state index contributed by atoms with van der Waals surface area (Å²) in [5.41, 5.74) is 1.05. The highest BCUT2D eigenvalue weighted by Gasteiger charge is 2.23. The molecule has 30 heavy (non-hydrogen) atoms. The molecule has 0 saturated carbocycles. The predicted octanol–water partition coefficient (Wildman–Crippen LogP) is 3.82. The molecule has 1 heterocycles. The van der Waals surface area contributed by atoms with E-state index in [2.05, 4.69) is 27.4 Å². The monoisotopic (exact) mass is 438 g/mol. The lowest BCUT2D eigenvalue weighted by Crippen LogP contribution is -2.44. The Morgan fingerprint density at radius 2 is 1.83 bits per heavy atom. The molecule has 0 aliphatic carbocycles. The largest absolute Gasteiger partial charge is 0.344 e. The van der Waals surface area contributed by atoms with Gasteiger partial charge in [0.05, 0.1) is 12.1 Å². The van der Waals surface area contributed by atoms with Crippen LogP contribution in [0.15, 0.2) is 18.2 Å². The van der Waals surface area contributed by atoms with Crippen LogP contribution in [-0.2, 0) is 16.0 Å². The zero-order valence-corrected chi connectivity index (χ0v) is 18.7. The number of thiazole rings is 1. The van der Waals surface area contributed by atoms with Crippen LogP contribution in [0.5, 0.6) is 0 Å². The van der Waals surface area contributed by atoms with Crippen molar-refractivity contribution in [2.24, 2.45) is 0 Å². The highest BCUT2D eigenvalue weighted by atomic mass is 32.1. The molecule has 0 saturated heterocycles. The van der Waals surface area contributed by atoms with E-state index in [9.17, 15) is 18.4 Å². The van der Waals surface area contributed by atoms with Crippen molar-refractivity contribution in [1.29, 1.82) is 0 Å². The molecule has 0 fully saturated rings. The summed E-state index contributed by atoms with van der Waals surface area (Å²) in [6.07, 6.45) is 0.885. The van der Waals surface area contributed by atoms with Gasteiger partial charge in [-0.05, 0) is 52.1 Å². The van der Waals surface area contributed by atoms with E-state index in [0.717, 1.165) is 28.8 Å². The summed E-state index contributed by atoms with van der Waals surface area (Å²) >= 11 is 1.40. The fourth-order valence-corrected chi connectivity index (χ4v) is 4.09. The quantitative estimate of drug-likeness (QED) is 0.624. The van der Waals surface area contributed by atoms with Gasteiger partial charge in [-0.1, -0.05) is 24.7 Å². The van der Waals surface area contributed by atoms with Crippen molar-refractivity contribution in [1.82, 2.24) is 15.2 Å². The van der Waals surface area contributed by atoms with Gasteiger partial charge in [-0.3, -0.25) is 9.59 Å². The second-order valence-corrected chi connectivity index (χ2v) is 8.49. The van der Waals surface area contributed by atoms with Gasteiger partial charge in [0.1, 0.15) is 17.7 Å². The maximum atomic E-state index is 13.3. The number of halogens is 2. The summed E-state index contributed by atoms with van der Waals surface area (Å²) in [6, 6.07) is 2.34. The average Bonchev–Trinajstić information content (AvgIpc) is 2.99. The van der Waals surface area contributed by atoms with Crippen molar-refractivity contribution in [3.8, 4) is 0 Å². The van der Waals surface area contributed by atoms with E-state index in [1.807, 2.05) is 27.9 Å². The first kappa shape index (κ1) is 23.9. The van der Waals surface area contributed by atoms with E-state index < -0.39 is 23.6 Å². The summed E-state index contributed by atoms with van der Waals surface area (Å²) < 4.78 is 26.7. The maximum absolute atomic E-state index is 13.3. The van der Waals surface area contributed by atoms with Gasteiger partial charge in [0, 0.05) is 17.0 Å². The van der Waals surface area contributed by atoms with E-state index in [4.69, 9.17) is 0 Å². The molecular formula is C21H28F2N4O2S. The lowest BCUT2D eigenvalue weighted by Gasteiger charge is -2.18. The molecular weight excluding hydrogens is 410 g/mol. The summed E-state index contributed by atoms with van der Waals surface area (Å²) in [6.45, 7) is 5.85. The van der Waals surface area contributed by atoms with Crippen LogP contribution < -0.4 is 10.6 Å². The van der Waals surface area contributed by atoms with Gasteiger partial charge in [0.2, 0.25) is 11.8 Å². The average molecular weight is 439 g/mol. The Kier molecular flexibility index (Phi) is 8.43. The van der Waals surface area contributed by atoms with Crippen LogP contribution in [0, 0.1) is 18.6 Å². The first-order valence-electron chi connectivity index (χ1n) is 9.79. The van der Waals surface area contributed by atoms with Gasteiger partial charge in [-0.25, -0.2) is 13.8 Å². The van der Waals surface area contributed by atoms with Crippen molar-refractivity contribution < 1.29 is 18.4 Å². The number of hydrogen-bond donors (Lipinski definition) is 2. The number of carbonyl (C=O) groups is 2. The number of amides is 2. The molecule has 1 aromatic heterocycles. The van der Waals surface area contributed by atoms with Crippen molar-refractivity contribution in [3.63, 3.8) is 0 Å². The molecule has 0 aliphatic heterocycles. The van der Waals surface area contributed by atoms with E-state index in [0.29, 0.717) is 18.0 Å². The highest BCUT2D eigenvalue weighted by Crippen LogP contribution is 2.30. The predicted molar refractivity (Wildman–Crippen MR) is 114 cm³/mol. The number of nitrogens with zero attached hydrogens (tertiary/aromatic N) is 2. The Hall–Kier alpha value is -2.39. The number of aromatic nitrogens is 1. The van der Waals surface area contributed by atoms with E-state index in [1.54, 1.807) is 0 Å². The maximum Gasteiger partial charge on any atom is 0.248 e. The smallest absolute Gasteiger partial charge is 0.248 e. The number of rotatable bonds is 9. The van der Waals surface area contributed by atoms with Crippen LogP contribution in [0.4, 0.5) is 13.9 Å². The molecule has 164 valence electrons. The summed E-state index contributed by atoms with van der Waals surface area (Å²) in [7, 11) is 3.94. The highest BCUT2D eigenvalue weighted by molar-refractivity contribution is 7.16. The summed E-state index contributed by atoms with van der Waals surface area (Å²) in [4.78, 5) is 32.6. The number of carbonyl (C=O) groups excluding carboxylic acids is 2.